The second-order valence-corrected chi connectivity index (χ2v) is 5.57. The van der Waals surface area contributed by atoms with Crippen LogP contribution in [0.5, 0.6) is 0 Å². The number of aliphatic hydroxyl groups is 1. The van der Waals surface area contributed by atoms with E-state index in [0.29, 0.717) is 18.6 Å². The molecule has 0 aliphatic carbocycles. The number of rotatable bonds is 14. The topological polar surface area (TPSA) is 57.5 Å². The van der Waals surface area contributed by atoms with Crippen LogP contribution >= 0.6 is 0 Å². The summed E-state index contributed by atoms with van der Waals surface area (Å²) < 4.78 is 0. The van der Waals surface area contributed by atoms with E-state index in [1.807, 2.05) is 30.4 Å². The number of aliphatic hydroxyl groups excluding tert-OH is 1. The Morgan fingerprint density at radius 1 is 0.826 bits per heavy atom. The molecule has 0 atom stereocenters. The van der Waals surface area contributed by atoms with Gasteiger partial charge in [0.15, 0.2) is 0 Å². The quantitative estimate of drug-likeness (QED) is 0.231. The maximum absolute atomic E-state index is 10.3. The summed E-state index contributed by atoms with van der Waals surface area (Å²) in [6.07, 6.45) is 22.9. The van der Waals surface area contributed by atoms with Crippen molar-refractivity contribution in [2.45, 2.75) is 71.1 Å². The van der Waals surface area contributed by atoms with Crippen LogP contribution in [0.2, 0.25) is 0 Å². The van der Waals surface area contributed by atoms with E-state index in [1.165, 1.54) is 19.3 Å². The Morgan fingerprint density at radius 2 is 1.48 bits per heavy atom. The van der Waals surface area contributed by atoms with Crippen LogP contribution in [0, 0.1) is 0 Å². The molecule has 0 spiro atoms. The Hall–Kier alpha value is -1.77. The van der Waals surface area contributed by atoms with E-state index < -0.39 is 5.97 Å². The Morgan fingerprint density at radius 3 is 2.22 bits per heavy atom. The van der Waals surface area contributed by atoms with E-state index in [1.54, 1.807) is 0 Å². The minimum Gasteiger partial charge on any atom is -0.512 e. The van der Waals surface area contributed by atoms with Crippen molar-refractivity contribution < 1.29 is 15.0 Å². The predicted molar refractivity (Wildman–Crippen MR) is 97.6 cm³/mol. The van der Waals surface area contributed by atoms with Crippen molar-refractivity contribution >= 4 is 5.97 Å². The van der Waals surface area contributed by atoms with Gasteiger partial charge in [-0.3, -0.25) is 4.79 Å². The number of aliphatic carboxylic acids is 1. The number of carboxylic acid groups (broad SMARTS) is 1. The van der Waals surface area contributed by atoms with Gasteiger partial charge in [0.05, 0.1) is 5.76 Å². The number of hydrogen-bond donors (Lipinski definition) is 2. The molecule has 0 bridgehead atoms. The Balaban J connectivity index is 3.62. The normalized spacial score (nSPS) is 12.8. The SMILES string of the molecule is CCCCC/C=C\C/C(O)=C\C/C=C\C/C=C\CCCC(=O)O. The lowest BCUT2D eigenvalue weighted by Crippen LogP contribution is -1.92. The monoisotopic (exact) mass is 320 g/mol. The zero-order chi connectivity index (χ0) is 17.2. The van der Waals surface area contributed by atoms with Gasteiger partial charge in [0.2, 0.25) is 0 Å². The predicted octanol–water partition coefficient (Wildman–Crippen LogP) is 6.10. The van der Waals surface area contributed by atoms with Gasteiger partial charge in [-0.15, -0.1) is 0 Å². The molecule has 0 amide bonds. The molecule has 0 saturated heterocycles. The smallest absolute Gasteiger partial charge is 0.303 e. The molecule has 0 aliphatic rings. The van der Waals surface area contributed by atoms with E-state index in [0.717, 1.165) is 25.7 Å². The molecule has 0 aliphatic heterocycles. The van der Waals surface area contributed by atoms with E-state index >= 15 is 0 Å². The van der Waals surface area contributed by atoms with Gasteiger partial charge in [0, 0.05) is 12.8 Å². The molecule has 0 rings (SSSR count). The molecule has 23 heavy (non-hydrogen) atoms. The number of unbranched alkanes of at least 4 members (excludes halogenated alkanes) is 4. The summed E-state index contributed by atoms with van der Waals surface area (Å²) >= 11 is 0. The Kier molecular flexibility index (Phi) is 15.3. The molecule has 0 radical (unpaired) electrons. The molecule has 3 heteroatoms. The summed E-state index contributed by atoms with van der Waals surface area (Å²) in [5, 5.41) is 18.2. The van der Waals surface area contributed by atoms with Gasteiger partial charge >= 0.3 is 5.97 Å². The molecule has 0 saturated carbocycles. The van der Waals surface area contributed by atoms with Crippen molar-refractivity contribution in [1.82, 2.24) is 0 Å². The molecule has 0 aromatic heterocycles. The fraction of sp³-hybridized carbons (Fsp3) is 0.550. The lowest BCUT2D eigenvalue weighted by atomic mass is 10.2. The summed E-state index contributed by atoms with van der Waals surface area (Å²) in [6, 6.07) is 0. The van der Waals surface area contributed by atoms with Crippen LogP contribution in [0.3, 0.4) is 0 Å². The van der Waals surface area contributed by atoms with Gasteiger partial charge in [-0.05, 0) is 44.6 Å². The molecule has 0 unspecified atom stereocenters. The van der Waals surface area contributed by atoms with Gasteiger partial charge in [-0.25, -0.2) is 0 Å². The number of carboxylic acids is 1. The summed E-state index contributed by atoms with van der Waals surface area (Å²) in [5.41, 5.74) is 0. The average Bonchev–Trinajstić information content (AvgIpc) is 2.52. The molecule has 0 heterocycles. The third-order valence-corrected chi connectivity index (χ3v) is 3.32. The highest BCUT2D eigenvalue weighted by atomic mass is 16.4. The van der Waals surface area contributed by atoms with E-state index in [-0.39, 0.29) is 6.42 Å². The van der Waals surface area contributed by atoms with Crippen molar-refractivity contribution in [3.8, 4) is 0 Å². The molecular formula is C20H32O3. The average molecular weight is 320 g/mol. The highest BCUT2D eigenvalue weighted by Gasteiger charge is 1.92. The molecule has 0 fully saturated rings. The molecule has 0 aromatic carbocycles. The standard InChI is InChI=1S/C20H32O3/c1-2-3-4-5-10-13-16-19(21)17-14-11-8-6-7-9-12-15-18-20(22)23/h7-11,13,17,21H,2-6,12,14-16,18H2,1H3,(H,22,23)/b9-7-,11-8-,13-10-,19-17+. The van der Waals surface area contributed by atoms with Gasteiger partial charge in [-0.2, -0.15) is 0 Å². The number of allylic oxidation sites excluding steroid dienone is 7. The van der Waals surface area contributed by atoms with Crippen LogP contribution in [0.4, 0.5) is 0 Å². The van der Waals surface area contributed by atoms with Crippen LogP contribution in [-0.4, -0.2) is 16.2 Å². The van der Waals surface area contributed by atoms with Gasteiger partial charge < -0.3 is 10.2 Å². The van der Waals surface area contributed by atoms with Crippen LogP contribution in [0.1, 0.15) is 71.1 Å². The number of carbonyl (C=O) groups is 1. The summed E-state index contributed by atoms with van der Waals surface area (Å²) in [5.74, 6) is -0.314. The van der Waals surface area contributed by atoms with Crippen LogP contribution in [0.25, 0.3) is 0 Å². The highest BCUT2D eigenvalue weighted by Crippen LogP contribution is 2.04. The van der Waals surface area contributed by atoms with Crippen molar-refractivity contribution in [2.75, 3.05) is 0 Å². The molecule has 2 N–H and O–H groups in total. The summed E-state index contributed by atoms with van der Waals surface area (Å²) in [7, 11) is 0. The first kappa shape index (κ1) is 21.2. The molecular weight excluding hydrogens is 288 g/mol. The van der Waals surface area contributed by atoms with Crippen LogP contribution in [-0.2, 0) is 4.79 Å². The van der Waals surface area contributed by atoms with Crippen molar-refractivity contribution in [2.24, 2.45) is 0 Å². The molecule has 130 valence electrons. The number of hydrogen-bond acceptors (Lipinski definition) is 2. The van der Waals surface area contributed by atoms with E-state index in [2.05, 4.69) is 19.1 Å². The first-order valence-electron chi connectivity index (χ1n) is 8.71. The first-order chi connectivity index (χ1) is 11.2. The maximum Gasteiger partial charge on any atom is 0.303 e. The zero-order valence-electron chi connectivity index (χ0n) is 14.4. The van der Waals surface area contributed by atoms with E-state index in [4.69, 9.17) is 5.11 Å². The summed E-state index contributed by atoms with van der Waals surface area (Å²) in [6.45, 7) is 2.20. The fourth-order valence-corrected chi connectivity index (χ4v) is 1.98. The highest BCUT2D eigenvalue weighted by molar-refractivity contribution is 5.66. The minimum absolute atomic E-state index is 0.233. The van der Waals surface area contributed by atoms with Gasteiger partial charge in [-0.1, -0.05) is 56.2 Å². The minimum atomic E-state index is -0.735. The van der Waals surface area contributed by atoms with Gasteiger partial charge in [0.25, 0.3) is 0 Å². The van der Waals surface area contributed by atoms with E-state index in [9.17, 15) is 9.90 Å². The van der Waals surface area contributed by atoms with Gasteiger partial charge in [0.1, 0.15) is 0 Å². The largest absolute Gasteiger partial charge is 0.512 e. The van der Waals surface area contributed by atoms with Crippen LogP contribution < -0.4 is 0 Å². The second kappa shape index (κ2) is 16.6. The molecule has 3 nitrogen and oxygen atoms in total. The Bertz CT molecular complexity index is 403. The fourth-order valence-electron chi connectivity index (χ4n) is 1.98. The lowest BCUT2D eigenvalue weighted by molar-refractivity contribution is -0.137. The Labute approximate surface area is 141 Å². The van der Waals surface area contributed by atoms with Crippen molar-refractivity contribution in [3.05, 3.63) is 48.3 Å². The maximum atomic E-state index is 10.3. The van der Waals surface area contributed by atoms with Crippen molar-refractivity contribution in [3.63, 3.8) is 0 Å². The second-order valence-electron chi connectivity index (χ2n) is 5.57. The summed E-state index contributed by atoms with van der Waals surface area (Å²) in [4.78, 5) is 10.3. The zero-order valence-corrected chi connectivity index (χ0v) is 14.4. The lowest BCUT2D eigenvalue weighted by Gasteiger charge is -1.94. The molecule has 0 aromatic rings. The third kappa shape index (κ3) is 18.2. The third-order valence-electron chi connectivity index (χ3n) is 3.32. The van der Waals surface area contributed by atoms with Crippen molar-refractivity contribution in [1.29, 1.82) is 0 Å². The van der Waals surface area contributed by atoms with Crippen LogP contribution in [0.15, 0.2) is 48.3 Å². The first-order valence-corrected chi connectivity index (χ1v) is 8.71.